The van der Waals surface area contributed by atoms with Crippen molar-refractivity contribution < 1.29 is 0 Å². The minimum absolute atomic E-state index is 0.832. The van der Waals surface area contributed by atoms with Crippen molar-refractivity contribution in [3.63, 3.8) is 0 Å². The van der Waals surface area contributed by atoms with Crippen molar-refractivity contribution in [2.45, 2.75) is 48.0 Å². The zero-order valence-electron chi connectivity index (χ0n) is 9.78. The predicted octanol–water partition coefficient (Wildman–Crippen LogP) is 3.30. The summed E-state index contributed by atoms with van der Waals surface area (Å²) in [6.45, 7) is 15.3. The van der Waals surface area contributed by atoms with Gasteiger partial charge in [-0.3, -0.25) is 0 Å². The molecule has 1 nitrogen and oxygen atoms in total. The SMILES string of the molecule is CC.CCNCCC(C)C(C)C. The Kier molecular flexibility index (Phi) is 13.2. The van der Waals surface area contributed by atoms with Crippen LogP contribution in [0.5, 0.6) is 0 Å². The molecule has 1 heteroatoms. The van der Waals surface area contributed by atoms with E-state index in [1.54, 1.807) is 0 Å². The van der Waals surface area contributed by atoms with E-state index in [2.05, 4.69) is 33.0 Å². The molecule has 0 spiro atoms. The van der Waals surface area contributed by atoms with Gasteiger partial charge in [0.1, 0.15) is 0 Å². The number of hydrogen-bond acceptors (Lipinski definition) is 1. The first-order valence-corrected chi connectivity index (χ1v) is 5.39. The van der Waals surface area contributed by atoms with Crippen LogP contribution >= 0.6 is 0 Å². The van der Waals surface area contributed by atoms with Gasteiger partial charge in [0, 0.05) is 0 Å². The van der Waals surface area contributed by atoms with Crippen molar-refractivity contribution in [1.82, 2.24) is 5.32 Å². The van der Waals surface area contributed by atoms with Gasteiger partial charge in [-0.2, -0.15) is 0 Å². The van der Waals surface area contributed by atoms with Crippen LogP contribution in [0.2, 0.25) is 0 Å². The summed E-state index contributed by atoms with van der Waals surface area (Å²) in [4.78, 5) is 0. The Labute approximate surface area is 78.9 Å². The normalized spacial score (nSPS) is 12.2. The topological polar surface area (TPSA) is 12.0 Å². The van der Waals surface area contributed by atoms with Gasteiger partial charge in [-0.05, 0) is 31.3 Å². The van der Waals surface area contributed by atoms with Gasteiger partial charge < -0.3 is 5.32 Å². The molecular weight excluding hydrogens is 146 g/mol. The van der Waals surface area contributed by atoms with Crippen LogP contribution in [0.15, 0.2) is 0 Å². The fourth-order valence-electron chi connectivity index (χ4n) is 0.840. The van der Waals surface area contributed by atoms with Gasteiger partial charge in [-0.25, -0.2) is 0 Å². The van der Waals surface area contributed by atoms with E-state index in [4.69, 9.17) is 0 Å². The van der Waals surface area contributed by atoms with Gasteiger partial charge >= 0.3 is 0 Å². The quantitative estimate of drug-likeness (QED) is 0.629. The average molecular weight is 173 g/mol. The Morgan fingerprint density at radius 3 is 1.92 bits per heavy atom. The molecule has 0 saturated heterocycles. The van der Waals surface area contributed by atoms with E-state index in [1.807, 2.05) is 13.8 Å². The van der Waals surface area contributed by atoms with Gasteiger partial charge in [-0.15, -0.1) is 0 Å². The first-order chi connectivity index (χ1) is 5.68. The summed E-state index contributed by atoms with van der Waals surface area (Å²) in [5.41, 5.74) is 0. The first kappa shape index (κ1) is 14.5. The highest BCUT2D eigenvalue weighted by Gasteiger charge is 2.04. The summed E-state index contributed by atoms with van der Waals surface area (Å²) in [7, 11) is 0. The summed E-state index contributed by atoms with van der Waals surface area (Å²) in [5, 5.41) is 3.33. The third-order valence-corrected chi connectivity index (χ3v) is 2.16. The van der Waals surface area contributed by atoms with Gasteiger partial charge in [-0.1, -0.05) is 41.5 Å². The van der Waals surface area contributed by atoms with Crippen molar-refractivity contribution in [3.05, 3.63) is 0 Å². The molecule has 12 heavy (non-hydrogen) atoms. The molecule has 0 aliphatic carbocycles. The molecule has 0 aromatic heterocycles. The zero-order chi connectivity index (χ0) is 9.98. The third-order valence-electron chi connectivity index (χ3n) is 2.16. The summed E-state index contributed by atoms with van der Waals surface area (Å²) in [6.07, 6.45) is 1.31. The Balaban J connectivity index is 0. The monoisotopic (exact) mass is 173 g/mol. The lowest BCUT2D eigenvalue weighted by Crippen LogP contribution is -2.18. The molecule has 0 aromatic rings. The second-order valence-electron chi connectivity index (χ2n) is 3.36. The molecular formula is C11H27N. The lowest BCUT2D eigenvalue weighted by Gasteiger charge is -2.14. The van der Waals surface area contributed by atoms with E-state index < -0.39 is 0 Å². The summed E-state index contributed by atoms with van der Waals surface area (Å²) >= 11 is 0. The number of hydrogen-bond donors (Lipinski definition) is 1. The Bertz CT molecular complexity index is 69.4. The largest absolute Gasteiger partial charge is 0.317 e. The van der Waals surface area contributed by atoms with Crippen LogP contribution in [0.4, 0.5) is 0 Å². The van der Waals surface area contributed by atoms with Crippen molar-refractivity contribution in [2.24, 2.45) is 11.8 Å². The molecule has 0 aromatic carbocycles. The Morgan fingerprint density at radius 1 is 1.08 bits per heavy atom. The molecule has 1 atom stereocenters. The van der Waals surface area contributed by atoms with Crippen molar-refractivity contribution in [2.75, 3.05) is 13.1 Å². The van der Waals surface area contributed by atoms with E-state index in [0.717, 1.165) is 18.4 Å². The van der Waals surface area contributed by atoms with Crippen LogP contribution < -0.4 is 5.32 Å². The third kappa shape index (κ3) is 9.96. The van der Waals surface area contributed by atoms with Crippen molar-refractivity contribution in [3.8, 4) is 0 Å². The smallest absolute Gasteiger partial charge is 0.00464 e. The minimum Gasteiger partial charge on any atom is -0.317 e. The molecule has 0 aliphatic rings. The lowest BCUT2D eigenvalue weighted by atomic mass is 9.95. The molecule has 1 unspecified atom stereocenters. The molecule has 1 N–H and O–H groups in total. The fraction of sp³-hybridized carbons (Fsp3) is 1.00. The highest BCUT2D eigenvalue weighted by molar-refractivity contribution is 4.58. The van der Waals surface area contributed by atoms with Gasteiger partial charge in [0.2, 0.25) is 0 Å². The maximum atomic E-state index is 3.33. The Hall–Kier alpha value is -0.0400. The van der Waals surface area contributed by atoms with Gasteiger partial charge in [0.15, 0.2) is 0 Å². The van der Waals surface area contributed by atoms with Crippen molar-refractivity contribution in [1.29, 1.82) is 0 Å². The van der Waals surface area contributed by atoms with Crippen LogP contribution in [-0.2, 0) is 0 Å². The second kappa shape index (κ2) is 11.0. The number of rotatable bonds is 5. The molecule has 0 saturated carbocycles. The predicted molar refractivity (Wildman–Crippen MR) is 58.5 cm³/mol. The summed E-state index contributed by atoms with van der Waals surface area (Å²) < 4.78 is 0. The van der Waals surface area contributed by atoms with E-state index in [-0.39, 0.29) is 0 Å². The van der Waals surface area contributed by atoms with Crippen LogP contribution in [0.3, 0.4) is 0 Å². The highest BCUT2D eigenvalue weighted by atomic mass is 14.8. The van der Waals surface area contributed by atoms with E-state index in [1.165, 1.54) is 13.0 Å². The molecule has 0 amide bonds. The summed E-state index contributed by atoms with van der Waals surface area (Å²) in [5.74, 6) is 1.69. The Morgan fingerprint density at radius 2 is 1.58 bits per heavy atom. The molecule has 0 bridgehead atoms. The maximum absolute atomic E-state index is 3.33. The molecule has 0 fully saturated rings. The molecule has 76 valence electrons. The maximum Gasteiger partial charge on any atom is -0.00464 e. The fourth-order valence-corrected chi connectivity index (χ4v) is 0.840. The van der Waals surface area contributed by atoms with E-state index >= 15 is 0 Å². The zero-order valence-corrected chi connectivity index (χ0v) is 9.78. The molecule has 0 heterocycles. The number of nitrogens with one attached hydrogen (secondary N) is 1. The standard InChI is InChI=1S/C9H21N.C2H6/c1-5-10-7-6-9(4)8(2)3;1-2/h8-10H,5-7H2,1-4H3;1-2H3. The lowest BCUT2D eigenvalue weighted by molar-refractivity contribution is 0.385. The molecule has 0 aliphatic heterocycles. The van der Waals surface area contributed by atoms with E-state index in [0.29, 0.717) is 0 Å². The van der Waals surface area contributed by atoms with Crippen LogP contribution in [0.1, 0.15) is 48.0 Å². The van der Waals surface area contributed by atoms with Crippen LogP contribution in [0, 0.1) is 11.8 Å². The molecule has 0 radical (unpaired) electrons. The first-order valence-electron chi connectivity index (χ1n) is 5.39. The average Bonchev–Trinajstić information content (AvgIpc) is 2.08. The van der Waals surface area contributed by atoms with E-state index in [9.17, 15) is 0 Å². The van der Waals surface area contributed by atoms with Crippen LogP contribution in [0.25, 0.3) is 0 Å². The molecule has 0 rings (SSSR count). The highest BCUT2D eigenvalue weighted by Crippen LogP contribution is 2.12. The summed E-state index contributed by atoms with van der Waals surface area (Å²) in [6, 6.07) is 0. The minimum atomic E-state index is 0.832. The van der Waals surface area contributed by atoms with Crippen LogP contribution in [-0.4, -0.2) is 13.1 Å². The second-order valence-corrected chi connectivity index (χ2v) is 3.36. The van der Waals surface area contributed by atoms with Gasteiger partial charge in [0.25, 0.3) is 0 Å². The van der Waals surface area contributed by atoms with Crippen molar-refractivity contribution >= 4 is 0 Å². The van der Waals surface area contributed by atoms with Gasteiger partial charge in [0.05, 0.1) is 0 Å².